The van der Waals surface area contributed by atoms with E-state index in [-0.39, 0.29) is 12.3 Å². The molecule has 0 unspecified atom stereocenters. The molecule has 1 aromatic carbocycles. The molecule has 1 aliphatic rings. The molecule has 0 aromatic heterocycles. The zero-order chi connectivity index (χ0) is 13.7. The minimum atomic E-state index is -0.417. The smallest absolute Gasteiger partial charge is 0.269 e. The van der Waals surface area contributed by atoms with Crippen molar-refractivity contribution >= 4 is 5.69 Å². The standard InChI is InChI=1S/C14H19NO4/c16-9-11-1-3-12(4-2-11)10-19-14-7-5-13(6-8-14)15(17)18/h5-8,11-12,16H,1-4,9-10H2. The number of aliphatic hydroxyl groups excluding tert-OH is 1. The zero-order valence-corrected chi connectivity index (χ0v) is 10.8. The first-order chi connectivity index (χ1) is 9.19. The molecule has 0 spiro atoms. The second-order valence-electron chi connectivity index (χ2n) is 5.13. The van der Waals surface area contributed by atoms with Crippen LogP contribution in [0.1, 0.15) is 25.7 Å². The fourth-order valence-electron chi connectivity index (χ4n) is 2.46. The number of hydrogen-bond donors (Lipinski definition) is 1. The Morgan fingerprint density at radius 2 is 1.74 bits per heavy atom. The van der Waals surface area contributed by atoms with Gasteiger partial charge in [-0.2, -0.15) is 0 Å². The molecule has 0 atom stereocenters. The van der Waals surface area contributed by atoms with E-state index in [9.17, 15) is 10.1 Å². The average Bonchev–Trinajstić information content (AvgIpc) is 2.46. The predicted molar refractivity (Wildman–Crippen MR) is 71.1 cm³/mol. The summed E-state index contributed by atoms with van der Waals surface area (Å²) in [6, 6.07) is 6.19. The van der Waals surface area contributed by atoms with Crippen LogP contribution in [-0.4, -0.2) is 23.2 Å². The molecule has 0 bridgehead atoms. The number of nitro groups is 1. The second-order valence-corrected chi connectivity index (χ2v) is 5.13. The van der Waals surface area contributed by atoms with Crippen LogP contribution in [0.4, 0.5) is 5.69 Å². The van der Waals surface area contributed by atoms with E-state index in [0.717, 1.165) is 25.7 Å². The summed E-state index contributed by atoms with van der Waals surface area (Å²) in [6.07, 6.45) is 4.28. The number of ether oxygens (including phenoxy) is 1. The lowest BCUT2D eigenvalue weighted by atomic mass is 9.83. The number of nitrogens with zero attached hydrogens (tertiary/aromatic N) is 1. The van der Waals surface area contributed by atoms with Crippen molar-refractivity contribution in [1.29, 1.82) is 0 Å². The summed E-state index contributed by atoms with van der Waals surface area (Å²) in [7, 11) is 0. The van der Waals surface area contributed by atoms with Gasteiger partial charge in [-0.3, -0.25) is 10.1 Å². The van der Waals surface area contributed by atoms with E-state index in [4.69, 9.17) is 9.84 Å². The van der Waals surface area contributed by atoms with Gasteiger partial charge < -0.3 is 9.84 Å². The van der Waals surface area contributed by atoms with Crippen LogP contribution in [0.5, 0.6) is 5.75 Å². The van der Waals surface area contributed by atoms with E-state index in [2.05, 4.69) is 0 Å². The Balaban J connectivity index is 1.78. The third kappa shape index (κ3) is 3.92. The Labute approximate surface area is 112 Å². The minimum absolute atomic E-state index is 0.0794. The number of benzene rings is 1. The van der Waals surface area contributed by atoms with E-state index in [1.807, 2.05) is 0 Å². The van der Waals surface area contributed by atoms with E-state index in [1.165, 1.54) is 12.1 Å². The van der Waals surface area contributed by atoms with Crippen molar-refractivity contribution < 1.29 is 14.8 Å². The summed E-state index contributed by atoms with van der Waals surface area (Å²) in [4.78, 5) is 10.1. The van der Waals surface area contributed by atoms with Crippen molar-refractivity contribution in [2.45, 2.75) is 25.7 Å². The summed E-state index contributed by atoms with van der Waals surface area (Å²) in [6.45, 7) is 0.936. The lowest BCUT2D eigenvalue weighted by Crippen LogP contribution is -2.21. The lowest BCUT2D eigenvalue weighted by Gasteiger charge is -2.27. The fourth-order valence-corrected chi connectivity index (χ4v) is 2.46. The quantitative estimate of drug-likeness (QED) is 0.656. The highest BCUT2D eigenvalue weighted by molar-refractivity contribution is 5.35. The van der Waals surface area contributed by atoms with Gasteiger partial charge >= 0.3 is 0 Å². The number of hydrogen-bond acceptors (Lipinski definition) is 4. The minimum Gasteiger partial charge on any atom is -0.493 e. The summed E-state index contributed by atoms with van der Waals surface area (Å²) < 4.78 is 5.66. The average molecular weight is 265 g/mol. The Hall–Kier alpha value is -1.62. The number of nitro benzene ring substituents is 1. The maximum Gasteiger partial charge on any atom is 0.269 e. The Morgan fingerprint density at radius 3 is 2.26 bits per heavy atom. The first-order valence-electron chi connectivity index (χ1n) is 6.67. The highest BCUT2D eigenvalue weighted by Crippen LogP contribution is 2.29. The van der Waals surface area contributed by atoms with E-state index in [0.29, 0.717) is 24.2 Å². The van der Waals surface area contributed by atoms with Gasteiger partial charge in [-0.1, -0.05) is 0 Å². The molecule has 19 heavy (non-hydrogen) atoms. The molecule has 1 aromatic rings. The van der Waals surface area contributed by atoms with Crippen LogP contribution in [0.2, 0.25) is 0 Å². The summed E-state index contributed by atoms with van der Waals surface area (Å²) in [5.41, 5.74) is 0.0794. The second kappa shape index (κ2) is 6.52. The van der Waals surface area contributed by atoms with Crippen LogP contribution in [0.3, 0.4) is 0 Å². The van der Waals surface area contributed by atoms with Crippen molar-refractivity contribution in [2.24, 2.45) is 11.8 Å². The third-order valence-electron chi connectivity index (χ3n) is 3.76. The third-order valence-corrected chi connectivity index (χ3v) is 3.76. The van der Waals surface area contributed by atoms with Crippen LogP contribution in [0.15, 0.2) is 24.3 Å². The van der Waals surface area contributed by atoms with E-state index >= 15 is 0 Å². The summed E-state index contributed by atoms with van der Waals surface area (Å²) in [5, 5.41) is 19.6. The van der Waals surface area contributed by atoms with Crippen molar-refractivity contribution in [3.8, 4) is 5.75 Å². The van der Waals surface area contributed by atoms with E-state index < -0.39 is 4.92 Å². The number of aliphatic hydroxyl groups is 1. The first kappa shape index (κ1) is 13.8. The highest BCUT2D eigenvalue weighted by Gasteiger charge is 2.21. The maximum atomic E-state index is 10.5. The topological polar surface area (TPSA) is 72.6 Å². The van der Waals surface area contributed by atoms with Gasteiger partial charge in [0, 0.05) is 18.7 Å². The van der Waals surface area contributed by atoms with Gasteiger partial charge in [0.1, 0.15) is 5.75 Å². The molecular formula is C14H19NO4. The van der Waals surface area contributed by atoms with Crippen LogP contribution < -0.4 is 4.74 Å². The van der Waals surface area contributed by atoms with Crippen LogP contribution in [-0.2, 0) is 0 Å². The molecule has 5 nitrogen and oxygen atoms in total. The van der Waals surface area contributed by atoms with Gasteiger partial charge in [-0.15, -0.1) is 0 Å². The molecule has 104 valence electrons. The van der Waals surface area contributed by atoms with Crippen molar-refractivity contribution in [3.63, 3.8) is 0 Å². The molecule has 1 fully saturated rings. The zero-order valence-electron chi connectivity index (χ0n) is 10.8. The van der Waals surface area contributed by atoms with Gasteiger partial charge in [-0.25, -0.2) is 0 Å². The monoisotopic (exact) mass is 265 g/mol. The number of rotatable bonds is 5. The van der Waals surface area contributed by atoms with Crippen molar-refractivity contribution in [2.75, 3.05) is 13.2 Å². The molecule has 1 saturated carbocycles. The van der Waals surface area contributed by atoms with E-state index in [1.54, 1.807) is 12.1 Å². The van der Waals surface area contributed by atoms with Crippen LogP contribution in [0.25, 0.3) is 0 Å². The molecule has 0 amide bonds. The van der Waals surface area contributed by atoms with Gasteiger partial charge in [0.15, 0.2) is 0 Å². The molecular weight excluding hydrogens is 246 g/mol. The molecule has 0 saturated heterocycles. The first-order valence-corrected chi connectivity index (χ1v) is 6.67. The number of non-ortho nitro benzene ring substituents is 1. The molecule has 0 aliphatic heterocycles. The highest BCUT2D eigenvalue weighted by atomic mass is 16.6. The molecule has 5 heteroatoms. The van der Waals surface area contributed by atoms with Crippen molar-refractivity contribution in [3.05, 3.63) is 34.4 Å². The predicted octanol–water partition coefficient (Wildman–Crippen LogP) is 2.77. The normalized spacial score (nSPS) is 23.0. The molecule has 1 aliphatic carbocycles. The van der Waals surface area contributed by atoms with Crippen molar-refractivity contribution in [1.82, 2.24) is 0 Å². The van der Waals surface area contributed by atoms with Crippen LogP contribution in [0, 0.1) is 22.0 Å². The lowest BCUT2D eigenvalue weighted by molar-refractivity contribution is -0.384. The van der Waals surface area contributed by atoms with Gasteiger partial charge in [-0.05, 0) is 49.7 Å². The maximum absolute atomic E-state index is 10.5. The Bertz CT molecular complexity index is 410. The van der Waals surface area contributed by atoms with Gasteiger partial charge in [0.2, 0.25) is 0 Å². The molecule has 0 radical (unpaired) electrons. The summed E-state index contributed by atoms with van der Waals surface area (Å²) >= 11 is 0. The molecule has 1 N–H and O–H groups in total. The van der Waals surface area contributed by atoms with Crippen LogP contribution >= 0.6 is 0 Å². The summed E-state index contributed by atoms with van der Waals surface area (Å²) in [5.74, 6) is 1.66. The Kier molecular flexibility index (Phi) is 4.74. The fraction of sp³-hybridized carbons (Fsp3) is 0.571. The van der Waals surface area contributed by atoms with Gasteiger partial charge in [0.25, 0.3) is 5.69 Å². The molecule has 2 rings (SSSR count). The largest absolute Gasteiger partial charge is 0.493 e. The Morgan fingerprint density at radius 1 is 1.16 bits per heavy atom. The SMILES string of the molecule is O=[N+]([O-])c1ccc(OCC2CCC(CO)CC2)cc1. The molecule has 0 heterocycles. The van der Waals surface area contributed by atoms with Gasteiger partial charge in [0.05, 0.1) is 11.5 Å².